The van der Waals surface area contributed by atoms with E-state index in [1.807, 2.05) is 12.1 Å². The van der Waals surface area contributed by atoms with Crippen molar-refractivity contribution in [3.8, 4) is 0 Å². The van der Waals surface area contributed by atoms with Crippen molar-refractivity contribution >= 4 is 9.84 Å². The van der Waals surface area contributed by atoms with E-state index in [-0.39, 0.29) is 18.3 Å². The van der Waals surface area contributed by atoms with Crippen molar-refractivity contribution in [3.05, 3.63) is 53.5 Å². The predicted molar refractivity (Wildman–Crippen MR) is 107 cm³/mol. The number of sulfone groups is 1. The smallest absolute Gasteiger partial charge is 0.202 e. The molecule has 4 nitrogen and oxygen atoms in total. The lowest BCUT2D eigenvalue weighted by molar-refractivity contribution is -0.104. The largest absolute Gasteiger partial charge is 0.356 e. The van der Waals surface area contributed by atoms with Crippen LogP contribution < -0.4 is 0 Å². The zero-order valence-corrected chi connectivity index (χ0v) is 17.0. The Balaban J connectivity index is 1.80. The summed E-state index contributed by atoms with van der Waals surface area (Å²) in [7, 11) is -1.81. The molecule has 0 N–H and O–H groups in total. The predicted octanol–water partition coefficient (Wildman–Crippen LogP) is 4.88. The first-order valence-electron chi connectivity index (χ1n) is 9.92. The van der Waals surface area contributed by atoms with E-state index < -0.39 is 9.84 Å². The molecule has 1 aliphatic heterocycles. The first-order valence-corrected chi connectivity index (χ1v) is 11.4. The van der Waals surface area contributed by atoms with Gasteiger partial charge in [-0.15, -0.1) is 0 Å². The van der Waals surface area contributed by atoms with Gasteiger partial charge in [0.05, 0.1) is 11.0 Å². The van der Waals surface area contributed by atoms with E-state index >= 15 is 0 Å². The number of ether oxygens (including phenoxy) is 2. The summed E-state index contributed by atoms with van der Waals surface area (Å²) in [5.74, 6) is 0.464. The Labute approximate surface area is 163 Å². The molecule has 1 unspecified atom stereocenters. The zero-order valence-electron chi connectivity index (χ0n) is 16.2. The van der Waals surface area contributed by atoms with Crippen molar-refractivity contribution in [1.29, 1.82) is 0 Å². The Morgan fingerprint density at radius 3 is 2.70 bits per heavy atom. The Morgan fingerprint density at radius 1 is 1.22 bits per heavy atom. The van der Waals surface area contributed by atoms with E-state index in [1.165, 1.54) is 0 Å². The van der Waals surface area contributed by atoms with E-state index in [4.69, 9.17) is 9.47 Å². The summed E-state index contributed by atoms with van der Waals surface area (Å²) < 4.78 is 37.7. The maximum absolute atomic E-state index is 13.2. The van der Waals surface area contributed by atoms with E-state index in [9.17, 15) is 8.42 Å². The van der Waals surface area contributed by atoms with E-state index in [0.717, 1.165) is 32.1 Å². The minimum absolute atomic E-state index is 0.0423. The molecular formula is C22H30O4S. The molecule has 1 fully saturated rings. The topological polar surface area (TPSA) is 52.6 Å². The number of unbranched alkanes of at least 4 members (excludes halogenated alkanes) is 3. The van der Waals surface area contributed by atoms with Gasteiger partial charge < -0.3 is 9.47 Å². The van der Waals surface area contributed by atoms with Gasteiger partial charge >= 0.3 is 0 Å². The molecule has 1 aromatic rings. The average Bonchev–Trinajstić information content (AvgIpc) is 3.26. The first kappa shape index (κ1) is 20.3. The van der Waals surface area contributed by atoms with Gasteiger partial charge in [-0.2, -0.15) is 0 Å². The van der Waals surface area contributed by atoms with E-state index in [1.54, 1.807) is 31.4 Å². The van der Waals surface area contributed by atoms with Crippen molar-refractivity contribution in [2.75, 3.05) is 7.11 Å². The molecule has 2 aliphatic rings. The molecule has 1 aliphatic carbocycles. The highest BCUT2D eigenvalue weighted by atomic mass is 32.2. The van der Waals surface area contributed by atoms with E-state index in [0.29, 0.717) is 22.1 Å². The fourth-order valence-corrected chi connectivity index (χ4v) is 5.57. The Morgan fingerprint density at radius 2 is 2.00 bits per heavy atom. The third-order valence-electron chi connectivity index (χ3n) is 5.57. The number of allylic oxidation sites excluding steroid dienone is 3. The SMILES string of the molecule is CCCCC/C=C(\C[C@H]1C=C[C@H]2OC(OC)C[C@@H]12)S(=O)(=O)c1ccccc1. The van der Waals surface area contributed by atoms with Crippen LogP contribution in [-0.4, -0.2) is 27.9 Å². The Hall–Kier alpha value is -1.43. The van der Waals surface area contributed by atoms with Crippen LogP contribution in [0.25, 0.3) is 0 Å². The van der Waals surface area contributed by atoms with Crippen LogP contribution in [0.3, 0.4) is 0 Å². The Bertz CT molecular complexity index is 767. The van der Waals surface area contributed by atoms with E-state index in [2.05, 4.69) is 19.1 Å². The summed E-state index contributed by atoms with van der Waals surface area (Å²) in [6.45, 7) is 2.15. The molecule has 0 saturated carbocycles. The molecule has 0 aromatic heterocycles. The van der Waals surface area contributed by atoms with Gasteiger partial charge in [-0.05, 0) is 37.3 Å². The van der Waals surface area contributed by atoms with Crippen LogP contribution in [0.2, 0.25) is 0 Å². The minimum Gasteiger partial charge on any atom is -0.356 e. The number of hydrogen-bond acceptors (Lipinski definition) is 4. The van der Waals surface area contributed by atoms with Gasteiger partial charge in [0, 0.05) is 24.4 Å². The Kier molecular flexibility index (Phi) is 6.90. The highest BCUT2D eigenvalue weighted by Gasteiger charge is 2.42. The van der Waals surface area contributed by atoms with Gasteiger partial charge in [-0.3, -0.25) is 0 Å². The fourth-order valence-electron chi connectivity index (χ4n) is 4.00. The molecule has 1 saturated heterocycles. The molecule has 4 atom stereocenters. The second-order valence-corrected chi connectivity index (χ2v) is 9.40. The molecule has 0 bridgehead atoms. The summed E-state index contributed by atoms with van der Waals surface area (Å²) >= 11 is 0. The van der Waals surface area contributed by atoms with Crippen molar-refractivity contribution in [2.45, 2.75) is 62.7 Å². The van der Waals surface area contributed by atoms with Gasteiger partial charge in [0.2, 0.25) is 9.84 Å². The molecule has 0 radical (unpaired) electrons. The second-order valence-electron chi connectivity index (χ2n) is 7.40. The van der Waals surface area contributed by atoms with Gasteiger partial charge in [-0.1, -0.05) is 56.2 Å². The maximum Gasteiger partial charge on any atom is 0.202 e. The van der Waals surface area contributed by atoms with Crippen LogP contribution in [0.1, 0.15) is 45.4 Å². The standard InChI is InChI=1S/C22H30O4S/c1-3-4-5-7-12-19(27(23,24)18-10-8-6-9-11-18)15-17-13-14-21-20(17)16-22(25-2)26-21/h6,8-14,17,20-22H,3-5,7,15-16H2,1-2H3/b19-12+/t17-,20+,21-,22?/m1/s1. The number of hydrogen-bond donors (Lipinski definition) is 0. The lowest BCUT2D eigenvalue weighted by Gasteiger charge is -2.19. The van der Waals surface area contributed by atoms with Crippen LogP contribution in [0.4, 0.5) is 0 Å². The number of benzene rings is 1. The van der Waals surface area contributed by atoms with Crippen LogP contribution in [0.5, 0.6) is 0 Å². The van der Waals surface area contributed by atoms with Gasteiger partial charge in [-0.25, -0.2) is 8.42 Å². The quantitative estimate of drug-likeness (QED) is 0.445. The fraction of sp³-hybridized carbons (Fsp3) is 0.545. The van der Waals surface area contributed by atoms with Crippen LogP contribution >= 0.6 is 0 Å². The van der Waals surface area contributed by atoms with Crippen molar-refractivity contribution in [3.63, 3.8) is 0 Å². The highest BCUT2D eigenvalue weighted by Crippen LogP contribution is 2.42. The zero-order chi connectivity index (χ0) is 19.3. The lowest BCUT2D eigenvalue weighted by atomic mass is 9.89. The van der Waals surface area contributed by atoms with Crippen molar-refractivity contribution < 1.29 is 17.9 Å². The van der Waals surface area contributed by atoms with Crippen molar-refractivity contribution in [1.82, 2.24) is 0 Å². The number of methoxy groups -OCH3 is 1. The molecule has 148 valence electrons. The third-order valence-corrected chi connectivity index (χ3v) is 7.49. The van der Waals surface area contributed by atoms with Gasteiger partial charge in [0.25, 0.3) is 0 Å². The van der Waals surface area contributed by atoms with Crippen molar-refractivity contribution in [2.24, 2.45) is 11.8 Å². The van der Waals surface area contributed by atoms with Crippen LogP contribution in [-0.2, 0) is 19.3 Å². The summed E-state index contributed by atoms with van der Waals surface area (Å²) in [5.41, 5.74) is 0. The van der Waals surface area contributed by atoms with Gasteiger partial charge in [0.15, 0.2) is 6.29 Å². The molecule has 0 spiro atoms. The molecule has 27 heavy (non-hydrogen) atoms. The summed E-state index contributed by atoms with van der Waals surface area (Å²) in [5, 5.41) is 0. The third kappa shape index (κ3) is 4.71. The lowest BCUT2D eigenvalue weighted by Crippen LogP contribution is -2.17. The number of rotatable bonds is 9. The molecular weight excluding hydrogens is 360 g/mol. The molecule has 3 rings (SSSR count). The molecule has 1 aromatic carbocycles. The summed E-state index contributed by atoms with van der Waals surface area (Å²) in [4.78, 5) is 0.920. The summed E-state index contributed by atoms with van der Waals surface area (Å²) in [6, 6.07) is 8.77. The first-order chi connectivity index (χ1) is 13.1. The van der Waals surface area contributed by atoms with Gasteiger partial charge in [0.1, 0.15) is 0 Å². The van der Waals surface area contributed by atoms with Crippen LogP contribution in [0, 0.1) is 11.8 Å². The number of fused-ring (bicyclic) bond motifs is 1. The maximum atomic E-state index is 13.2. The van der Waals surface area contributed by atoms with Crippen LogP contribution in [0.15, 0.2) is 58.4 Å². The summed E-state index contributed by atoms with van der Waals surface area (Å²) in [6.07, 6.45) is 11.4. The monoisotopic (exact) mass is 390 g/mol. The molecule has 1 heterocycles. The normalized spacial score (nSPS) is 27.9. The average molecular weight is 391 g/mol. The second kappa shape index (κ2) is 9.18. The minimum atomic E-state index is -3.47. The molecule has 0 amide bonds. The molecule has 5 heteroatoms. The highest BCUT2D eigenvalue weighted by molar-refractivity contribution is 7.95.